The van der Waals surface area contributed by atoms with Crippen LogP contribution in [-0.4, -0.2) is 17.2 Å². The standard InChI is InChI=1S/C15H21N3O2/c1-4-5-14-17-15(20-18-14)10-19-13-8-6-12(7-9-13)11(2)16-3/h6-9,11,16H,4-5,10H2,1-3H3. The first-order chi connectivity index (χ1) is 9.72. The molecule has 1 aromatic heterocycles. The molecule has 5 heteroatoms. The molecule has 0 aliphatic rings. The molecule has 0 aliphatic heterocycles. The first-order valence-corrected chi connectivity index (χ1v) is 6.94. The number of aromatic nitrogens is 2. The van der Waals surface area contributed by atoms with Gasteiger partial charge in [-0.2, -0.15) is 4.98 Å². The van der Waals surface area contributed by atoms with Gasteiger partial charge in [-0.25, -0.2) is 0 Å². The lowest BCUT2D eigenvalue weighted by molar-refractivity contribution is 0.242. The summed E-state index contributed by atoms with van der Waals surface area (Å²) in [6, 6.07) is 8.33. The van der Waals surface area contributed by atoms with Gasteiger partial charge in [0.25, 0.3) is 5.89 Å². The second kappa shape index (κ2) is 7.05. The van der Waals surface area contributed by atoms with Gasteiger partial charge in [0.2, 0.25) is 0 Å². The smallest absolute Gasteiger partial charge is 0.264 e. The third-order valence-electron chi connectivity index (χ3n) is 3.16. The van der Waals surface area contributed by atoms with Gasteiger partial charge in [-0.15, -0.1) is 0 Å². The van der Waals surface area contributed by atoms with Crippen LogP contribution in [0.15, 0.2) is 28.8 Å². The third kappa shape index (κ3) is 3.81. The topological polar surface area (TPSA) is 60.2 Å². The van der Waals surface area contributed by atoms with Gasteiger partial charge in [-0.3, -0.25) is 0 Å². The van der Waals surface area contributed by atoms with Gasteiger partial charge in [-0.05, 0) is 38.1 Å². The quantitative estimate of drug-likeness (QED) is 0.842. The van der Waals surface area contributed by atoms with E-state index in [1.807, 2.05) is 31.3 Å². The van der Waals surface area contributed by atoms with Gasteiger partial charge in [0.05, 0.1) is 0 Å². The van der Waals surface area contributed by atoms with Crippen LogP contribution in [0.5, 0.6) is 5.75 Å². The van der Waals surface area contributed by atoms with Crippen molar-refractivity contribution in [2.45, 2.75) is 39.3 Å². The van der Waals surface area contributed by atoms with Gasteiger partial charge < -0.3 is 14.6 Å². The van der Waals surface area contributed by atoms with Crippen molar-refractivity contribution in [3.8, 4) is 5.75 Å². The molecule has 1 N–H and O–H groups in total. The van der Waals surface area contributed by atoms with E-state index < -0.39 is 0 Å². The van der Waals surface area contributed by atoms with E-state index in [1.54, 1.807) is 0 Å². The Bertz CT molecular complexity index is 522. The molecular formula is C15H21N3O2. The maximum atomic E-state index is 5.64. The Morgan fingerprint density at radius 1 is 1.30 bits per heavy atom. The van der Waals surface area contributed by atoms with Crippen LogP contribution in [-0.2, 0) is 13.0 Å². The predicted octanol–water partition coefficient (Wildman–Crippen LogP) is 2.88. The van der Waals surface area contributed by atoms with Crippen molar-refractivity contribution < 1.29 is 9.26 Å². The molecule has 5 nitrogen and oxygen atoms in total. The number of rotatable bonds is 7. The number of hydrogen-bond acceptors (Lipinski definition) is 5. The average molecular weight is 275 g/mol. The van der Waals surface area contributed by atoms with Crippen molar-refractivity contribution in [1.29, 1.82) is 0 Å². The summed E-state index contributed by atoms with van der Waals surface area (Å²) in [7, 11) is 1.94. The van der Waals surface area contributed by atoms with Crippen LogP contribution in [0.25, 0.3) is 0 Å². The minimum atomic E-state index is 0.303. The van der Waals surface area contributed by atoms with E-state index in [2.05, 4.69) is 29.3 Å². The van der Waals surface area contributed by atoms with Gasteiger partial charge >= 0.3 is 0 Å². The van der Waals surface area contributed by atoms with Crippen molar-refractivity contribution in [2.75, 3.05) is 7.05 Å². The highest BCUT2D eigenvalue weighted by molar-refractivity contribution is 5.28. The van der Waals surface area contributed by atoms with Crippen molar-refractivity contribution in [3.05, 3.63) is 41.5 Å². The van der Waals surface area contributed by atoms with E-state index in [-0.39, 0.29) is 0 Å². The number of nitrogens with zero attached hydrogens (tertiary/aromatic N) is 2. The van der Waals surface area contributed by atoms with E-state index in [0.29, 0.717) is 18.5 Å². The van der Waals surface area contributed by atoms with Crippen LogP contribution in [0.2, 0.25) is 0 Å². The molecule has 0 bridgehead atoms. The summed E-state index contributed by atoms with van der Waals surface area (Å²) >= 11 is 0. The lowest BCUT2D eigenvalue weighted by Gasteiger charge is -2.11. The molecule has 1 heterocycles. The lowest BCUT2D eigenvalue weighted by atomic mass is 10.1. The van der Waals surface area contributed by atoms with Crippen LogP contribution in [0, 0.1) is 0 Å². The predicted molar refractivity (Wildman–Crippen MR) is 76.5 cm³/mol. The molecule has 20 heavy (non-hydrogen) atoms. The van der Waals surface area contributed by atoms with Crippen molar-refractivity contribution in [2.24, 2.45) is 0 Å². The lowest BCUT2D eigenvalue weighted by Crippen LogP contribution is -2.11. The zero-order valence-electron chi connectivity index (χ0n) is 12.2. The molecule has 0 amide bonds. The first kappa shape index (κ1) is 14.5. The summed E-state index contributed by atoms with van der Waals surface area (Å²) in [5.41, 5.74) is 1.22. The Morgan fingerprint density at radius 3 is 2.70 bits per heavy atom. The number of hydrogen-bond donors (Lipinski definition) is 1. The van der Waals surface area contributed by atoms with Crippen LogP contribution < -0.4 is 10.1 Å². The maximum absolute atomic E-state index is 5.64. The zero-order valence-corrected chi connectivity index (χ0v) is 12.2. The fourth-order valence-electron chi connectivity index (χ4n) is 1.84. The molecule has 2 aromatic rings. The van der Waals surface area contributed by atoms with Crippen molar-refractivity contribution >= 4 is 0 Å². The fourth-order valence-corrected chi connectivity index (χ4v) is 1.84. The Morgan fingerprint density at radius 2 is 2.05 bits per heavy atom. The molecule has 1 atom stereocenters. The monoisotopic (exact) mass is 275 g/mol. The zero-order chi connectivity index (χ0) is 14.4. The van der Waals surface area contributed by atoms with E-state index in [9.17, 15) is 0 Å². The number of nitrogens with one attached hydrogen (secondary N) is 1. The van der Waals surface area contributed by atoms with Crippen molar-refractivity contribution in [3.63, 3.8) is 0 Å². The minimum Gasteiger partial charge on any atom is -0.484 e. The molecule has 0 fully saturated rings. The SMILES string of the molecule is CCCc1noc(COc2ccc(C(C)NC)cc2)n1. The number of benzene rings is 1. The largest absolute Gasteiger partial charge is 0.484 e. The second-order valence-corrected chi connectivity index (χ2v) is 4.72. The van der Waals surface area contributed by atoms with Crippen LogP contribution in [0.4, 0.5) is 0 Å². The maximum Gasteiger partial charge on any atom is 0.264 e. The highest BCUT2D eigenvalue weighted by Gasteiger charge is 2.07. The molecule has 2 rings (SSSR count). The summed E-state index contributed by atoms with van der Waals surface area (Å²) in [6.07, 6.45) is 1.84. The molecule has 1 unspecified atom stereocenters. The van der Waals surface area contributed by atoms with Crippen molar-refractivity contribution in [1.82, 2.24) is 15.5 Å². The summed E-state index contributed by atoms with van der Waals surface area (Å²) in [5.74, 6) is 2.05. The van der Waals surface area contributed by atoms with Crippen LogP contribution in [0.1, 0.15) is 43.6 Å². The molecule has 108 valence electrons. The molecule has 0 saturated heterocycles. The highest BCUT2D eigenvalue weighted by Crippen LogP contribution is 2.18. The van der Waals surface area contributed by atoms with Gasteiger partial charge in [-0.1, -0.05) is 24.2 Å². The normalized spacial score (nSPS) is 12.3. The van der Waals surface area contributed by atoms with E-state index in [4.69, 9.17) is 9.26 Å². The molecule has 0 saturated carbocycles. The van der Waals surface area contributed by atoms with Crippen LogP contribution >= 0.6 is 0 Å². The van der Waals surface area contributed by atoms with Gasteiger partial charge in [0.15, 0.2) is 12.4 Å². The van der Waals surface area contributed by atoms with Gasteiger partial charge in [0, 0.05) is 12.5 Å². The fraction of sp³-hybridized carbons (Fsp3) is 0.467. The number of ether oxygens (including phenoxy) is 1. The Balaban J connectivity index is 1.89. The number of aryl methyl sites for hydroxylation is 1. The average Bonchev–Trinajstić information content (AvgIpc) is 2.93. The minimum absolute atomic E-state index is 0.303. The van der Waals surface area contributed by atoms with Crippen LogP contribution in [0.3, 0.4) is 0 Å². The second-order valence-electron chi connectivity index (χ2n) is 4.72. The van der Waals surface area contributed by atoms with E-state index in [0.717, 1.165) is 24.4 Å². The van der Waals surface area contributed by atoms with E-state index in [1.165, 1.54) is 5.56 Å². The molecule has 1 aromatic carbocycles. The van der Waals surface area contributed by atoms with Gasteiger partial charge in [0.1, 0.15) is 5.75 Å². The van der Waals surface area contributed by atoms with E-state index >= 15 is 0 Å². The Hall–Kier alpha value is -1.88. The summed E-state index contributed by atoms with van der Waals surface area (Å²) in [4.78, 5) is 4.26. The Labute approximate surface area is 119 Å². The third-order valence-corrected chi connectivity index (χ3v) is 3.16. The molecule has 0 radical (unpaired) electrons. The summed E-state index contributed by atoms with van der Waals surface area (Å²) in [6.45, 7) is 4.50. The molecule has 0 aliphatic carbocycles. The molecular weight excluding hydrogens is 254 g/mol. The highest BCUT2D eigenvalue weighted by atomic mass is 16.5. The Kier molecular flexibility index (Phi) is 5.12. The summed E-state index contributed by atoms with van der Waals surface area (Å²) < 4.78 is 10.8. The first-order valence-electron chi connectivity index (χ1n) is 6.94. The summed E-state index contributed by atoms with van der Waals surface area (Å²) in [5, 5.41) is 7.09. The molecule has 0 spiro atoms.